The summed E-state index contributed by atoms with van der Waals surface area (Å²) in [6.07, 6.45) is -5.19. The van der Waals surface area contributed by atoms with Crippen LogP contribution in [-0.2, 0) is 9.53 Å². The summed E-state index contributed by atoms with van der Waals surface area (Å²) < 4.78 is 46.6. The van der Waals surface area contributed by atoms with Gasteiger partial charge in [-0.1, -0.05) is 28.1 Å². The highest BCUT2D eigenvalue weighted by molar-refractivity contribution is 9.10. The first-order chi connectivity index (χ1) is 12.3. The molecule has 1 aromatic carbocycles. The van der Waals surface area contributed by atoms with Gasteiger partial charge >= 0.3 is 12.3 Å². The number of benzene rings is 1. The SMILES string of the molecule is CN(C(=O)C1CN(C(=O)OC(C)(C)C)C1)[C@@H](c1ccc(Br)cc1)C(F)(F)F. The van der Waals surface area contributed by atoms with Crippen LogP contribution >= 0.6 is 15.9 Å². The Hall–Kier alpha value is -1.77. The number of carbonyl (C=O) groups is 2. The minimum Gasteiger partial charge on any atom is -0.444 e. The van der Waals surface area contributed by atoms with E-state index in [0.717, 1.165) is 7.05 Å². The normalized spacial score (nSPS) is 16.5. The Kier molecular flexibility index (Phi) is 6.13. The molecule has 2 rings (SSSR count). The van der Waals surface area contributed by atoms with Crippen molar-refractivity contribution in [2.75, 3.05) is 20.1 Å². The van der Waals surface area contributed by atoms with Crippen molar-refractivity contribution in [2.45, 2.75) is 38.6 Å². The van der Waals surface area contributed by atoms with Gasteiger partial charge in [-0.3, -0.25) is 4.79 Å². The van der Waals surface area contributed by atoms with Gasteiger partial charge in [0.05, 0.1) is 5.92 Å². The molecule has 1 heterocycles. The van der Waals surface area contributed by atoms with Crippen LogP contribution in [0, 0.1) is 5.92 Å². The van der Waals surface area contributed by atoms with Gasteiger partial charge in [0, 0.05) is 24.6 Å². The number of hydrogen-bond acceptors (Lipinski definition) is 3. The average Bonchev–Trinajstić information content (AvgIpc) is 2.44. The van der Waals surface area contributed by atoms with Crippen molar-refractivity contribution in [1.82, 2.24) is 9.80 Å². The Bertz CT molecular complexity index is 695. The van der Waals surface area contributed by atoms with E-state index in [1.165, 1.54) is 29.2 Å². The van der Waals surface area contributed by atoms with Crippen LogP contribution in [0.3, 0.4) is 0 Å². The second-order valence-corrected chi connectivity index (χ2v) is 8.44. The summed E-state index contributed by atoms with van der Waals surface area (Å²) in [6.45, 7) is 5.24. The molecule has 2 amide bonds. The van der Waals surface area contributed by atoms with Gasteiger partial charge in [0.15, 0.2) is 6.04 Å². The summed E-state index contributed by atoms with van der Waals surface area (Å²) in [7, 11) is 1.14. The number of nitrogens with zero attached hydrogens (tertiary/aromatic N) is 2. The number of rotatable bonds is 3. The molecule has 0 aliphatic carbocycles. The quantitative estimate of drug-likeness (QED) is 0.686. The zero-order chi connectivity index (χ0) is 20.6. The van der Waals surface area contributed by atoms with Crippen LogP contribution in [0.5, 0.6) is 0 Å². The average molecular weight is 451 g/mol. The van der Waals surface area contributed by atoms with Crippen LogP contribution in [0.25, 0.3) is 0 Å². The third kappa shape index (κ3) is 5.37. The number of hydrogen-bond donors (Lipinski definition) is 0. The van der Waals surface area contributed by atoms with Crippen LogP contribution in [0.2, 0.25) is 0 Å². The second-order valence-electron chi connectivity index (χ2n) is 7.53. The van der Waals surface area contributed by atoms with Crippen molar-refractivity contribution in [2.24, 2.45) is 5.92 Å². The van der Waals surface area contributed by atoms with E-state index in [2.05, 4.69) is 15.9 Å². The van der Waals surface area contributed by atoms with E-state index in [-0.39, 0.29) is 18.7 Å². The second kappa shape index (κ2) is 7.69. The summed E-state index contributed by atoms with van der Waals surface area (Å²) in [5, 5.41) is 0. The summed E-state index contributed by atoms with van der Waals surface area (Å²) in [6, 6.07) is 3.62. The fraction of sp³-hybridized carbons (Fsp3) is 0.556. The first kappa shape index (κ1) is 21.5. The van der Waals surface area contributed by atoms with Crippen molar-refractivity contribution in [3.63, 3.8) is 0 Å². The molecular weight excluding hydrogens is 429 g/mol. The summed E-state index contributed by atoms with van der Waals surface area (Å²) in [4.78, 5) is 26.5. The smallest absolute Gasteiger partial charge is 0.413 e. The van der Waals surface area contributed by atoms with Gasteiger partial charge in [0.1, 0.15) is 5.60 Å². The minimum atomic E-state index is -4.62. The van der Waals surface area contributed by atoms with E-state index in [0.29, 0.717) is 9.37 Å². The lowest BCUT2D eigenvalue weighted by Gasteiger charge is -2.41. The lowest BCUT2D eigenvalue weighted by atomic mass is 9.97. The number of amides is 2. The monoisotopic (exact) mass is 450 g/mol. The molecule has 150 valence electrons. The largest absolute Gasteiger partial charge is 0.444 e. The molecule has 5 nitrogen and oxygen atoms in total. The molecule has 27 heavy (non-hydrogen) atoms. The van der Waals surface area contributed by atoms with Crippen LogP contribution < -0.4 is 0 Å². The zero-order valence-corrected chi connectivity index (χ0v) is 17.1. The third-order valence-electron chi connectivity index (χ3n) is 4.11. The van der Waals surface area contributed by atoms with Gasteiger partial charge in [-0.2, -0.15) is 13.2 Å². The Morgan fingerprint density at radius 3 is 2.15 bits per heavy atom. The molecule has 1 fully saturated rings. The lowest BCUT2D eigenvalue weighted by molar-refractivity contribution is -0.192. The summed E-state index contributed by atoms with van der Waals surface area (Å²) >= 11 is 3.18. The molecule has 0 unspecified atom stereocenters. The summed E-state index contributed by atoms with van der Waals surface area (Å²) in [5.74, 6) is -1.33. The fourth-order valence-corrected chi connectivity index (χ4v) is 3.07. The molecule has 0 N–H and O–H groups in total. The van der Waals surface area contributed by atoms with E-state index in [9.17, 15) is 22.8 Å². The number of ether oxygens (including phenoxy) is 1. The van der Waals surface area contributed by atoms with Crippen molar-refractivity contribution in [3.05, 3.63) is 34.3 Å². The van der Waals surface area contributed by atoms with Crippen molar-refractivity contribution < 1.29 is 27.5 Å². The van der Waals surface area contributed by atoms with Gasteiger partial charge in [-0.05, 0) is 38.5 Å². The topological polar surface area (TPSA) is 49.9 Å². The molecule has 1 saturated heterocycles. The maximum absolute atomic E-state index is 13.6. The fourth-order valence-electron chi connectivity index (χ4n) is 2.80. The van der Waals surface area contributed by atoms with Crippen molar-refractivity contribution >= 4 is 27.9 Å². The predicted molar refractivity (Wildman–Crippen MR) is 97.0 cm³/mol. The lowest BCUT2D eigenvalue weighted by Crippen LogP contribution is -2.57. The Labute approximate surface area is 164 Å². The van der Waals surface area contributed by atoms with Crippen LogP contribution in [0.4, 0.5) is 18.0 Å². The highest BCUT2D eigenvalue weighted by Crippen LogP contribution is 2.38. The van der Waals surface area contributed by atoms with Crippen LogP contribution in [0.1, 0.15) is 32.4 Å². The first-order valence-corrected chi connectivity index (χ1v) is 9.15. The van der Waals surface area contributed by atoms with Gasteiger partial charge in [-0.15, -0.1) is 0 Å². The Morgan fingerprint density at radius 1 is 1.19 bits per heavy atom. The number of halogens is 4. The first-order valence-electron chi connectivity index (χ1n) is 8.36. The van der Waals surface area contributed by atoms with E-state index in [1.54, 1.807) is 20.8 Å². The van der Waals surface area contributed by atoms with E-state index >= 15 is 0 Å². The highest BCUT2D eigenvalue weighted by atomic mass is 79.9. The molecule has 0 radical (unpaired) electrons. The zero-order valence-electron chi connectivity index (χ0n) is 15.5. The molecule has 0 bridgehead atoms. The van der Waals surface area contributed by atoms with Crippen LogP contribution in [-0.4, -0.2) is 53.7 Å². The van der Waals surface area contributed by atoms with Crippen molar-refractivity contribution in [1.29, 1.82) is 0 Å². The van der Waals surface area contributed by atoms with Gasteiger partial charge in [-0.25, -0.2) is 4.79 Å². The Morgan fingerprint density at radius 2 is 1.70 bits per heavy atom. The van der Waals surface area contributed by atoms with Gasteiger partial charge in [0.25, 0.3) is 0 Å². The number of likely N-dealkylation sites (tertiary alicyclic amines) is 1. The maximum atomic E-state index is 13.6. The molecule has 0 saturated carbocycles. The standard InChI is InChI=1S/C18H22BrF3N2O3/c1-17(2,3)27-16(26)24-9-12(10-24)15(25)23(4)14(18(20,21)22)11-5-7-13(19)8-6-11/h5-8,12,14H,9-10H2,1-4H3/t14-/m0/s1. The van der Waals surface area contributed by atoms with E-state index in [4.69, 9.17) is 4.74 Å². The molecule has 0 spiro atoms. The molecule has 1 aromatic rings. The predicted octanol–water partition coefficient (Wildman–Crippen LogP) is 4.38. The third-order valence-corrected chi connectivity index (χ3v) is 4.64. The molecule has 1 atom stereocenters. The minimum absolute atomic E-state index is 0.0233. The Balaban J connectivity index is 2.07. The highest BCUT2D eigenvalue weighted by Gasteiger charge is 2.48. The summed E-state index contributed by atoms with van der Waals surface area (Å²) in [5.41, 5.74) is -0.698. The van der Waals surface area contributed by atoms with E-state index in [1.807, 2.05) is 0 Å². The number of alkyl halides is 3. The molecule has 1 aliphatic rings. The van der Waals surface area contributed by atoms with Gasteiger partial charge in [0.2, 0.25) is 5.91 Å². The number of carbonyl (C=O) groups excluding carboxylic acids is 2. The van der Waals surface area contributed by atoms with Gasteiger partial charge < -0.3 is 14.5 Å². The molecule has 1 aliphatic heterocycles. The van der Waals surface area contributed by atoms with E-state index < -0.39 is 35.7 Å². The van der Waals surface area contributed by atoms with Crippen LogP contribution in [0.15, 0.2) is 28.7 Å². The van der Waals surface area contributed by atoms with Crippen molar-refractivity contribution in [3.8, 4) is 0 Å². The molecular formula is C18H22BrF3N2O3. The maximum Gasteiger partial charge on any atom is 0.413 e. The molecule has 0 aromatic heterocycles. The molecule has 9 heteroatoms.